The summed E-state index contributed by atoms with van der Waals surface area (Å²) in [5.41, 5.74) is 3.23. The van der Waals surface area contributed by atoms with Crippen LogP contribution in [0.3, 0.4) is 0 Å². The van der Waals surface area contributed by atoms with Gasteiger partial charge in [-0.15, -0.1) is 0 Å². The van der Waals surface area contributed by atoms with E-state index >= 15 is 0 Å². The summed E-state index contributed by atoms with van der Waals surface area (Å²) in [5, 5.41) is 17.4. The number of nitrogens with one attached hydrogen (secondary N) is 1. The molecular formula is C20H27N3O3. The summed E-state index contributed by atoms with van der Waals surface area (Å²) in [5.74, 6) is -0.0832. The van der Waals surface area contributed by atoms with E-state index in [2.05, 4.69) is 28.7 Å². The van der Waals surface area contributed by atoms with Crippen LogP contribution in [0.5, 0.6) is 0 Å². The van der Waals surface area contributed by atoms with Crippen molar-refractivity contribution < 1.29 is 14.6 Å². The SMILES string of the molecule is CC(C)C[C@@H](O)C(=O)NC[C@@H]1OCCc2cn(Cc3ccccc3)nc21. The Morgan fingerprint density at radius 1 is 1.38 bits per heavy atom. The van der Waals surface area contributed by atoms with Crippen molar-refractivity contribution in [2.75, 3.05) is 13.2 Å². The highest BCUT2D eigenvalue weighted by molar-refractivity contribution is 5.80. The molecule has 1 aromatic carbocycles. The minimum absolute atomic E-state index is 0.266. The Bertz CT molecular complexity index is 727. The van der Waals surface area contributed by atoms with E-state index in [9.17, 15) is 9.90 Å². The maximum absolute atomic E-state index is 12.0. The van der Waals surface area contributed by atoms with Crippen molar-refractivity contribution in [2.45, 2.75) is 45.4 Å². The monoisotopic (exact) mass is 357 g/mol. The number of aromatic nitrogens is 2. The second-order valence-corrected chi connectivity index (χ2v) is 7.22. The van der Waals surface area contributed by atoms with E-state index in [0.717, 1.165) is 17.7 Å². The van der Waals surface area contributed by atoms with Gasteiger partial charge in [-0.2, -0.15) is 5.10 Å². The van der Waals surface area contributed by atoms with Crippen molar-refractivity contribution in [2.24, 2.45) is 5.92 Å². The van der Waals surface area contributed by atoms with Gasteiger partial charge in [0.1, 0.15) is 12.2 Å². The molecule has 6 heteroatoms. The van der Waals surface area contributed by atoms with Crippen molar-refractivity contribution in [1.82, 2.24) is 15.1 Å². The first-order valence-corrected chi connectivity index (χ1v) is 9.20. The van der Waals surface area contributed by atoms with Crippen LogP contribution in [-0.2, 0) is 22.5 Å². The van der Waals surface area contributed by atoms with Crippen molar-refractivity contribution >= 4 is 5.91 Å². The van der Waals surface area contributed by atoms with E-state index in [1.807, 2.05) is 36.7 Å². The van der Waals surface area contributed by atoms with Gasteiger partial charge in [0.05, 0.1) is 18.8 Å². The summed E-state index contributed by atoms with van der Waals surface area (Å²) >= 11 is 0. The van der Waals surface area contributed by atoms with E-state index in [1.165, 1.54) is 5.56 Å². The lowest BCUT2D eigenvalue weighted by atomic mass is 10.0. The molecule has 0 saturated heterocycles. The molecule has 1 aliphatic rings. The molecule has 1 aliphatic heterocycles. The third kappa shape index (κ3) is 4.71. The van der Waals surface area contributed by atoms with E-state index in [0.29, 0.717) is 26.1 Å². The van der Waals surface area contributed by atoms with Crippen molar-refractivity contribution in [3.63, 3.8) is 0 Å². The van der Waals surface area contributed by atoms with Crippen LogP contribution in [0.4, 0.5) is 0 Å². The molecule has 2 aromatic rings. The standard InChI is InChI=1S/C20H27N3O3/c1-14(2)10-17(24)20(25)21-11-18-19-16(8-9-26-18)13-23(22-19)12-15-6-4-3-5-7-15/h3-7,13-14,17-18,24H,8-12H2,1-2H3,(H,21,25)/t17-,18+/m1/s1. The molecule has 0 fully saturated rings. The molecular weight excluding hydrogens is 330 g/mol. The normalized spacial score (nSPS) is 17.8. The summed E-state index contributed by atoms with van der Waals surface area (Å²) in [6, 6.07) is 10.2. The fourth-order valence-corrected chi connectivity index (χ4v) is 3.20. The van der Waals surface area contributed by atoms with E-state index < -0.39 is 6.10 Å². The zero-order valence-corrected chi connectivity index (χ0v) is 15.4. The lowest BCUT2D eigenvalue weighted by molar-refractivity contribution is -0.130. The van der Waals surface area contributed by atoms with Crippen LogP contribution in [0, 0.1) is 5.92 Å². The quantitative estimate of drug-likeness (QED) is 0.795. The topological polar surface area (TPSA) is 76.4 Å². The Morgan fingerprint density at radius 3 is 2.88 bits per heavy atom. The average Bonchev–Trinajstić information content (AvgIpc) is 3.02. The molecule has 0 radical (unpaired) electrons. The highest BCUT2D eigenvalue weighted by atomic mass is 16.5. The highest BCUT2D eigenvalue weighted by Crippen LogP contribution is 2.25. The number of carbonyl (C=O) groups is 1. The number of hydrogen-bond donors (Lipinski definition) is 2. The number of aliphatic hydroxyl groups excluding tert-OH is 1. The van der Waals surface area contributed by atoms with Gasteiger partial charge in [-0.1, -0.05) is 44.2 Å². The Labute approximate surface area is 154 Å². The number of fused-ring (bicyclic) bond motifs is 1. The number of nitrogens with zero attached hydrogens (tertiary/aromatic N) is 2. The molecule has 1 amide bonds. The molecule has 26 heavy (non-hydrogen) atoms. The first-order chi connectivity index (χ1) is 12.5. The first-order valence-electron chi connectivity index (χ1n) is 9.20. The van der Waals surface area contributed by atoms with Crippen LogP contribution in [0.25, 0.3) is 0 Å². The zero-order chi connectivity index (χ0) is 18.5. The molecule has 0 spiro atoms. The lowest BCUT2D eigenvalue weighted by Gasteiger charge is -2.23. The van der Waals surface area contributed by atoms with Crippen molar-refractivity contribution in [3.05, 3.63) is 53.3 Å². The maximum Gasteiger partial charge on any atom is 0.248 e. The number of carbonyl (C=O) groups excluding carboxylic acids is 1. The van der Waals surface area contributed by atoms with Gasteiger partial charge in [-0.05, 0) is 29.9 Å². The lowest BCUT2D eigenvalue weighted by Crippen LogP contribution is -2.39. The first kappa shape index (κ1) is 18.6. The summed E-state index contributed by atoms with van der Waals surface area (Å²) < 4.78 is 7.73. The molecule has 6 nitrogen and oxygen atoms in total. The van der Waals surface area contributed by atoms with Gasteiger partial charge < -0.3 is 15.2 Å². The maximum atomic E-state index is 12.0. The number of amides is 1. The summed E-state index contributed by atoms with van der Waals surface area (Å²) in [4.78, 5) is 12.0. The Kier molecular flexibility index (Phi) is 6.06. The van der Waals surface area contributed by atoms with Gasteiger partial charge in [0.15, 0.2) is 0 Å². The van der Waals surface area contributed by atoms with Crippen molar-refractivity contribution in [1.29, 1.82) is 0 Å². The van der Waals surface area contributed by atoms with Gasteiger partial charge in [-0.3, -0.25) is 9.48 Å². The van der Waals surface area contributed by atoms with Gasteiger partial charge in [-0.25, -0.2) is 0 Å². The Balaban J connectivity index is 1.62. The average molecular weight is 357 g/mol. The van der Waals surface area contributed by atoms with Crippen LogP contribution in [0.15, 0.2) is 36.5 Å². The second-order valence-electron chi connectivity index (χ2n) is 7.22. The zero-order valence-electron chi connectivity index (χ0n) is 15.4. The van der Waals surface area contributed by atoms with Crippen LogP contribution in [-0.4, -0.2) is 40.0 Å². The number of ether oxygens (including phenoxy) is 1. The molecule has 0 aliphatic carbocycles. The van der Waals surface area contributed by atoms with Gasteiger partial charge >= 0.3 is 0 Å². The Morgan fingerprint density at radius 2 is 2.15 bits per heavy atom. The van der Waals surface area contributed by atoms with Crippen LogP contribution >= 0.6 is 0 Å². The number of benzene rings is 1. The molecule has 2 N–H and O–H groups in total. The summed E-state index contributed by atoms with van der Waals surface area (Å²) in [7, 11) is 0. The summed E-state index contributed by atoms with van der Waals surface area (Å²) in [6.45, 7) is 5.60. The molecule has 140 valence electrons. The highest BCUT2D eigenvalue weighted by Gasteiger charge is 2.26. The van der Waals surface area contributed by atoms with Crippen LogP contribution in [0.2, 0.25) is 0 Å². The third-order valence-corrected chi connectivity index (χ3v) is 4.51. The third-order valence-electron chi connectivity index (χ3n) is 4.51. The summed E-state index contributed by atoms with van der Waals surface area (Å²) in [6.07, 6.45) is 2.09. The largest absolute Gasteiger partial charge is 0.383 e. The molecule has 0 bridgehead atoms. The fraction of sp³-hybridized carbons (Fsp3) is 0.500. The predicted molar refractivity (Wildman–Crippen MR) is 98.6 cm³/mol. The second kappa shape index (κ2) is 8.47. The Hall–Kier alpha value is -2.18. The molecule has 0 unspecified atom stereocenters. The van der Waals surface area contributed by atoms with Crippen LogP contribution in [0.1, 0.15) is 43.2 Å². The van der Waals surface area contributed by atoms with Gasteiger partial charge in [0, 0.05) is 12.7 Å². The van der Waals surface area contributed by atoms with Crippen LogP contribution < -0.4 is 5.32 Å². The van der Waals surface area contributed by atoms with E-state index in [-0.39, 0.29) is 17.9 Å². The molecule has 2 atom stereocenters. The number of aliphatic hydroxyl groups is 1. The van der Waals surface area contributed by atoms with E-state index in [4.69, 9.17) is 4.74 Å². The predicted octanol–water partition coefficient (Wildman–Crippen LogP) is 2.07. The minimum Gasteiger partial charge on any atom is -0.383 e. The van der Waals surface area contributed by atoms with Crippen molar-refractivity contribution in [3.8, 4) is 0 Å². The molecule has 2 heterocycles. The fourth-order valence-electron chi connectivity index (χ4n) is 3.20. The number of hydrogen-bond acceptors (Lipinski definition) is 4. The van der Waals surface area contributed by atoms with Gasteiger partial charge in [0.25, 0.3) is 0 Å². The molecule has 0 saturated carbocycles. The minimum atomic E-state index is -0.978. The van der Waals surface area contributed by atoms with E-state index in [1.54, 1.807) is 0 Å². The smallest absolute Gasteiger partial charge is 0.248 e. The number of rotatable bonds is 7. The molecule has 3 rings (SSSR count). The van der Waals surface area contributed by atoms with Gasteiger partial charge in [0.2, 0.25) is 5.91 Å². The molecule has 1 aromatic heterocycles.